The van der Waals surface area contributed by atoms with Crippen LogP contribution in [0.5, 0.6) is 0 Å². The van der Waals surface area contributed by atoms with Crippen LogP contribution in [-0.4, -0.2) is 25.4 Å². The molecule has 1 rings (SSSR count). The molecule has 0 aromatic heterocycles. The zero-order valence-corrected chi connectivity index (χ0v) is 13.3. The van der Waals surface area contributed by atoms with Crippen LogP contribution in [0.3, 0.4) is 0 Å². The molecule has 0 heterocycles. The molecule has 5 heteroatoms. The second-order valence-corrected chi connectivity index (χ2v) is 5.34. The van der Waals surface area contributed by atoms with E-state index in [0.29, 0.717) is 19.4 Å². The number of rotatable bonds is 11. The van der Waals surface area contributed by atoms with Crippen LogP contribution in [0.25, 0.3) is 0 Å². The first-order chi connectivity index (χ1) is 10.7. The van der Waals surface area contributed by atoms with Crippen molar-refractivity contribution in [3.63, 3.8) is 0 Å². The Morgan fingerprint density at radius 1 is 1.05 bits per heavy atom. The minimum atomic E-state index is 0.0240. The molecule has 0 fully saturated rings. The number of nitrogens with one attached hydrogen (secondary N) is 1. The van der Waals surface area contributed by atoms with Crippen LogP contribution in [-0.2, 0) is 20.9 Å². The number of unbranched alkanes of at least 4 members (excludes halogenated alkanes) is 3. The monoisotopic (exact) mass is 306 g/mol. The van der Waals surface area contributed by atoms with Crippen LogP contribution in [0, 0.1) is 0 Å². The number of amides is 1. The molecule has 0 saturated carbocycles. The van der Waals surface area contributed by atoms with E-state index < -0.39 is 0 Å². The van der Waals surface area contributed by atoms with Crippen LogP contribution in [0.1, 0.15) is 44.1 Å². The van der Waals surface area contributed by atoms with Crippen molar-refractivity contribution in [3.8, 4) is 0 Å². The molecule has 0 atom stereocenters. The van der Waals surface area contributed by atoms with E-state index in [2.05, 4.69) is 5.32 Å². The number of carbonyl (C=O) groups excluding carboxylic acids is 2. The predicted molar refractivity (Wildman–Crippen MR) is 87.5 cm³/mol. The fourth-order valence-corrected chi connectivity index (χ4v) is 2.14. The van der Waals surface area contributed by atoms with E-state index >= 15 is 0 Å². The fraction of sp³-hybridized carbons (Fsp3) is 0.529. The van der Waals surface area contributed by atoms with Gasteiger partial charge in [-0.2, -0.15) is 0 Å². The van der Waals surface area contributed by atoms with Gasteiger partial charge >= 0.3 is 0 Å². The SMILES string of the molecule is COCC(=O)CCCCCCC(=O)Nc1ccc(CN)cc1. The Labute approximate surface area is 132 Å². The van der Waals surface area contributed by atoms with E-state index in [-0.39, 0.29) is 18.3 Å². The Hall–Kier alpha value is -1.72. The van der Waals surface area contributed by atoms with Gasteiger partial charge in [-0.1, -0.05) is 25.0 Å². The zero-order valence-electron chi connectivity index (χ0n) is 13.3. The first-order valence-corrected chi connectivity index (χ1v) is 7.75. The van der Waals surface area contributed by atoms with Gasteiger partial charge in [0.15, 0.2) is 5.78 Å². The third-order valence-electron chi connectivity index (χ3n) is 3.39. The van der Waals surface area contributed by atoms with Gasteiger partial charge in [0.05, 0.1) is 0 Å². The van der Waals surface area contributed by atoms with Crippen LogP contribution in [0.4, 0.5) is 5.69 Å². The van der Waals surface area contributed by atoms with Crippen molar-refractivity contribution in [1.29, 1.82) is 0 Å². The minimum Gasteiger partial charge on any atom is -0.377 e. The summed E-state index contributed by atoms with van der Waals surface area (Å²) in [6.45, 7) is 0.701. The first-order valence-electron chi connectivity index (χ1n) is 7.75. The van der Waals surface area contributed by atoms with Crippen molar-refractivity contribution in [2.45, 2.75) is 45.1 Å². The molecule has 0 aliphatic carbocycles. The molecule has 122 valence electrons. The number of benzene rings is 1. The molecule has 0 saturated heterocycles. The third-order valence-corrected chi connectivity index (χ3v) is 3.39. The summed E-state index contributed by atoms with van der Waals surface area (Å²) >= 11 is 0. The molecule has 22 heavy (non-hydrogen) atoms. The second-order valence-electron chi connectivity index (χ2n) is 5.34. The number of Topliss-reactive ketones (excluding diaryl/α,β-unsaturated/α-hetero) is 1. The van der Waals surface area contributed by atoms with E-state index in [1.54, 1.807) is 0 Å². The molecule has 3 N–H and O–H groups in total. The summed E-state index contributed by atoms with van der Waals surface area (Å²) in [4.78, 5) is 23.0. The molecule has 0 radical (unpaired) electrons. The maximum absolute atomic E-state index is 11.8. The average Bonchev–Trinajstić information content (AvgIpc) is 2.51. The van der Waals surface area contributed by atoms with Crippen molar-refractivity contribution >= 4 is 17.4 Å². The zero-order chi connectivity index (χ0) is 16.2. The summed E-state index contributed by atoms with van der Waals surface area (Å²) < 4.78 is 4.77. The van der Waals surface area contributed by atoms with Gasteiger partial charge in [0, 0.05) is 32.2 Å². The third kappa shape index (κ3) is 7.90. The number of hydrogen-bond acceptors (Lipinski definition) is 4. The highest BCUT2D eigenvalue weighted by Crippen LogP contribution is 2.11. The number of methoxy groups -OCH3 is 1. The highest BCUT2D eigenvalue weighted by molar-refractivity contribution is 5.90. The average molecular weight is 306 g/mol. The van der Waals surface area contributed by atoms with Crippen molar-refractivity contribution in [2.75, 3.05) is 19.0 Å². The lowest BCUT2D eigenvalue weighted by Gasteiger charge is -2.06. The van der Waals surface area contributed by atoms with Crippen LogP contribution >= 0.6 is 0 Å². The molecule has 0 unspecified atom stereocenters. The number of carbonyl (C=O) groups is 2. The van der Waals surface area contributed by atoms with E-state index in [9.17, 15) is 9.59 Å². The summed E-state index contributed by atoms with van der Waals surface area (Å²) in [5, 5.41) is 2.87. The number of hydrogen-bond donors (Lipinski definition) is 2. The Bertz CT molecular complexity index is 457. The van der Waals surface area contributed by atoms with E-state index in [0.717, 1.165) is 36.9 Å². The number of ether oxygens (including phenoxy) is 1. The molecular formula is C17H26N2O3. The van der Waals surface area contributed by atoms with Gasteiger partial charge in [-0.15, -0.1) is 0 Å². The van der Waals surface area contributed by atoms with Crippen LogP contribution in [0.15, 0.2) is 24.3 Å². The van der Waals surface area contributed by atoms with Crippen molar-refractivity contribution in [3.05, 3.63) is 29.8 Å². The molecule has 1 aromatic rings. The molecule has 0 bridgehead atoms. The van der Waals surface area contributed by atoms with Gasteiger partial charge in [-0.25, -0.2) is 0 Å². The molecule has 0 aliphatic rings. The van der Waals surface area contributed by atoms with Gasteiger partial charge in [-0.05, 0) is 30.5 Å². The van der Waals surface area contributed by atoms with Gasteiger partial charge in [-0.3, -0.25) is 9.59 Å². The predicted octanol–water partition coefficient (Wildman–Crippen LogP) is 2.64. The summed E-state index contributed by atoms with van der Waals surface area (Å²) in [5.74, 6) is 0.164. The molecule has 1 aromatic carbocycles. The van der Waals surface area contributed by atoms with Crippen molar-refractivity contribution in [2.24, 2.45) is 5.73 Å². The minimum absolute atomic E-state index is 0.0240. The topological polar surface area (TPSA) is 81.4 Å². The van der Waals surface area contributed by atoms with Crippen LogP contribution < -0.4 is 11.1 Å². The van der Waals surface area contributed by atoms with Gasteiger partial charge in [0.2, 0.25) is 5.91 Å². The van der Waals surface area contributed by atoms with Crippen molar-refractivity contribution in [1.82, 2.24) is 0 Å². The molecule has 5 nitrogen and oxygen atoms in total. The molecule has 0 aliphatic heterocycles. The Morgan fingerprint density at radius 3 is 2.27 bits per heavy atom. The maximum Gasteiger partial charge on any atom is 0.224 e. The maximum atomic E-state index is 11.8. The largest absolute Gasteiger partial charge is 0.377 e. The summed E-state index contributed by atoms with van der Waals surface area (Å²) in [7, 11) is 1.53. The lowest BCUT2D eigenvalue weighted by Crippen LogP contribution is -2.11. The van der Waals surface area contributed by atoms with E-state index in [4.69, 9.17) is 10.5 Å². The van der Waals surface area contributed by atoms with Gasteiger partial charge in [0.1, 0.15) is 6.61 Å². The smallest absolute Gasteiger partial charge is 0.224 e. The number of nitrogens with two attached hydrogens (primary N) is 1. The number of ketones is 1. The summed E-state index contributed by atoms with van der Waals surface area (Å²) in [6, 6.07) is 7.54. The normalized spacial score (nSPS) is 10.5. The molecular weight excluding hydrogens is 280 g/mol. The van der Waals surface area contributed by atoms with E-state index in [1.165, 1.54) is 7.11 Å². The summed E-state index contributed by atoms with van der Waals surface area (Å²) in [6.07, 6.45) is 4.70. The Kier molecular flexibility index (Phi) is 9.11. The molecule has 0 spiro atoms. The van der Waals surface area contributed by atoms with Crippen LogP contribution in [0.2, 0.25) is 0 Å². The van der Waals surface area contributed by atoms with E-state index in [1.807, 2.05) is 24.3 Å². The quantitative estimate of drug-likeness (QED) is 0.616. The Balaban J connectivity index is 2.09. The first kappa shape index (κ1) is 18.3. The van der Waals surface area contributed by atoms with Crippen molar-refractivity contribution < 1.29 is 14.3 Å². The van der Waals surface area contributed by atoms with Gasteiger partial charge in [0.25, 0.3) is 0 Å². The standard InChI is InChI=1S/C17H26N2O3/c1-22-13-16(20)6-4-2-3-5-7-17(21)19-15-10-8-14(12-18)9-11-15/h8-11H,2-7,12-13,18H2,1H3,(H,19,21). The Morgan fingerprint density at radius 2 is 1.68 bits per heavy atom. The highest BCUT2D eigenvalue weighted by atomic mass is 16.5. The second kappa shape index (κ2) is 10.9. The molecule has 1 amide bonds. The highest BCUT2D eigenvalue weighted by Gasteiger charge is 2.03. The number of anilines is 1. The van der Waals surface area contributed by atoms with Gasteiger partial charge < -0.3 is 15.8 Å². The lowest BCUT2D eigenvalue weighted by molar-refractivity contribution is -0.122. The fourth-order valence-electron chi connectivity index (χ4n) is 2.14. The lowest BCUT2D eigenvalue weighted by atomic mass is 10.1. The summed E-state index contributed by atoms with van der Waals surface area (Å²) in [5.41, 5.74) is 7.37.